The first-order chi connectivity index (χ1) is 14.6. The van der Waals surface area contributed by atoms with E-state index in [-0.39, 0.29) is 19.2 Å². The molecule has 0 saturated carbocycles. The maximum absolute atomic E-state index is 12.9. The van der Waals surface area contributed by atoms with E-state index < -0.39 is 12.0 Å². The SMILES string of the molecule is CCCOc1ccccc1[C@@H]1NC(=O)NC(C)=C1C(=O)OCCOc1ccccc1. The van der Waals surface area contributed by atoms with Crippen LogP contribution in [0.25, 0.3) is 0 Å². The van der Waals surface area contributed by atoms with Gasteiger partial charge >= 0.3 is 12.0 Å². The molecule has 0 unspecified atom stereocenters. The fraction of sp³-hybridized carbons (Fsp3) is 0.304. The molecule has 158 valence electrons. The zero-order valence-corrected chi connectivity index (χ0v) is 17.1. The molecule has 0 radical (unpaired) electrons. The molecule has 0 spiro atoms. The van der Waals surface area contributed by atoms with Crippen LogP contribution < -0.4 is 20.1 Å². The summed E-state index contributed by atoms with van der Waals surface area (Å²) in [6.45, 7) is 4.54. The van der Waals surface area contributed by atoms with Crippen LogP contribution in [0.2, 0.25) is 0 Å². The molecule has 1 aliphatic rings. The van der Waals surface area contributed by atoms with Crippen LogP contribution in [-0.4, -0.2) is 31.8 Å². The number of allylic oxidation sites excluding steroid dienone is 1. The lowest BCUT2D eigenvalue weighted by atomic mass is 9.95. The fourth-order valence-corrected chi connectivity index (χ4v) is 3.15. The number of hydrogen-bond donors (Lipinski definition) is 2. The molecule has 1 heterocycles. The minimum absolute atomic E-state index is 0.0825. The van der Waals surface area contributed by atoms with Crippen LogP contribution in [0.3, 0.4) is 0 Å². The Kier molecular flexibility index (Phi) is 7.32. The summed E-state index contributed by atoms with van der Waals surface area (Å²) in [5, 5.41) is 5.45. The Labute approximate surface area is 176 Å². The van der Waals surface area contributed by atoms with Gasteiger partial charge in [-0.2, -0.15) is 0 Å². The van der Waals surface area contributed by atoms with Crippen LogP contribution >= 0.6 is 0 Å². The Morgan fingerprint density at radius 3 is 2.47 bits per heavy atom. The highest BCUT2D eigenvalue weighted by molar-refractivity contribution is 5.95. The number of hydrogen-bond acceptors (Lipinski definition) is 5. The van der Waals surface area contributed by atoms with Gasteiger partial charge in [-0.1, -0.05) is 43.3 Å². The van der Waals surface area contributed by atoms with Crippen molar-refractivity contribution in [1.82, 2.24) is 10.6 Å². The molecule has 0 bridgehead atoms. The Balaban J connectivity index is 1.73. The standard InChI is InChI=1S/C23H26N2O5/c1-3-13-29-19-12-8-7-11-18(19)21-20(16(2)24-23(27)25-21)22(26)30-15-14-28-17-9-5-4-6-10-17/h4-12,21H,3,13-15H2,1-2H3,(H2,24,25,27)/t21-/m0/s1. The quantitative estimate of drug-likeness (QED) is 0.486. The number of nitrogens with one attached hydrogen (secondary N) is 2. The van der Waals surface area contributed by atoms with Crippen LogP contribution in [-0.2, 0) is 9.53 Å². The average molecular weight is 410 g/mol. The lowest BCUT2D eigenvalue weighted by Gasteiger charge is -2.29. The molecule has 0 fully saturated rings. The van der Waals surface area contributed by atoms with Gasteiger partial charge in [-0.25, -0.2) is 9.59 Å². The molecule has 2 aromatic rings. The molecule has 0 aromatic heterocycles. The third-order valence-electron chi connectivity index (χ3n) is 4.51. The summed E-state index contributed by atoms with van der Waals surface area (Å²) in [4.78, 5) is 25.0. The normalized spacial score (nSPS) is 15.8. The van der Waals surface area contributed by atoms with Crippen LogP contribution in [0.4, 0.5) is 4.79 Å². The number of amides is 2. The van der Waals surface area contributed by atoms with E-state index in [0.717, 1.165) is 6.42 Å². The summed E-state index contributed by atoms with van der Waals surface area (Å²) in [5.41, 5.74) is 1.48. The molecule has 2 N–H and O–H groups in total. The second-order valence-electron chi connectivity index (χ2n) is 6.75. The molecule has 2 aromatic carbocycles. The summed E-state index contributed by atoms with van der Waals surface area (Å²) < 4.78 is 16.8. The maximum atomic E-state index is 12.9. The second-order valence-corrected chi connectivity index (χ2v) is 6.75. The second kappa shape index (κ2) is 10.3. The van der Waals surface area contributed by atoms with Gasteiger partial charge in [0.15, 0.2) is 0 Å². The van der Waals surface area contributed by atoms with Gasteiger partial charge in [-0.15, -0.1) is 0 Å². The van der Waals surface area contributed by atoms with Crippen molar-refractivity contribution >= 4 is 12.0 Å². The van der Waals surface area contributed by atoms with E-state index in [0.29, 0.717) is 34.9 Å². The van der Waals surface area contributed by atoms with Gasteiger partial charge in [0.25, 0.3) is 0 Å². The number of urea groups is 1. The number of ether oxygens (including phenoxy) is 3. The molecule has 0 aliphatic carbocycles. The number of para-hydroxylation sites is 2. The molecular weight excluding hydrogens is 384 g/mol. The zero-order valence-electron chi connectivity index (χ0n) is 17.1. The van der Waals surface area contributed by atoms with E-state index in [1.807, 2.05) is 61.5 Å². The summed E-state index contributed by atoms with van der Waals surface area (Å²) in [7, 11) is 0. The molecular formula is C23H26N2O5. The third kappa shape index (κ3) is 5.31. The van der Waals surface area contributed by atoms with Crippen LogP contribution in [0.15, 0.2) is 65.9 Å². The van der Waals surface area contributed by atoms with Crippen molar-refractivity contribution in [3.63, 3.8) is 0 Å². The average Bonchev–Trinajstić information content (AvgIpc) is 2.75. The highest BCUT2D eigenvalue weighted by atomic mass is 16.6. The molecule has 0 saturated heterocycles. The van der Waals surface area contributed by atoms with Crippen molar-refractivity contribution < 1.29 is 23.8 Å². The number of benzene rings is 2. The van der Waals surface area contributed by atoms with Gasteiger partial charge in [0.2, 0.25) is 0 Å². The topological polar surface area (TPSA) is 85.9 Å². The van der Waals surface area contributed by atoms with Crippen molar-refractivity contribution in [3.8, 4) is 11.5 Å². The third-order valence-corrected chi connectivity index (χ3v) is 4.51. The van der Waals surface area contributed by atoms with Crippen molar-refractivity contribution in [2.75, 3.05) is 19.8 Å². The lowest BCUT2D eigenvalue weighted by molar-refractivity contribution is -0.140. The molecule has 30 heavy (non-hydrogen) atoms. The Bertz CT molecular complexity index is 911. The van der Waals surface area contributed by atoms with E-state index in [1.165, 1.54) is 0 Å². The summed E-state index contributed by atoms with van der Waals surface area (Å²) in [6, 6.07) is 15.6. The molecule has 2 amide bonds. The minimum atomic E-state index is -0.672. The molecule has 1 aliphatic heterocycles. The predicted octanol–water partition coefficient (Wildman–Crippen LogP) is 3.73. The van der Waals surface area contributed by atoms with Gasteiger partial charge < -0.3 is 24.8 Å². The van der Waals surface area contributed by atoms with Gasteiger partial charge in [-0.05, 0) is 31.5 Å². The minimum Gasteiger partial charge on any atom is -0.493 e. The van der Waals surface area contributed by atoms with E-state index in [2.05, 4.69) is 10.6 Å². The number of carbonyl (C=O) groups is 2. The first-order valence-electron chi connectivity index (χ1n) is 9.95. The van der Waals surface area contributed by atoms with E-state index >= 15 is 0 Å². The number of esters is 1. The number of carbonyl (C=O) groups excluding carboxylic acids is 2. The molecule has 3 rings (SSSR count). The molecule has 1 atom stereocenters. The zero-order chi connectivity index (χ0) is 21.3. The van der Waals surface area contributed by atoms with E-state index in [4.69, 9.17) is 14.2 Å². The van der Waals surface area contributed by atoms with Gasteiger partial charge in [0.05, 0.1) is 18.2 Å². The van der Waals surface area contributed by atoms with Crippen LogP contribution in [0.1, 0.15) is 31.9 Å². The van der Waals surface area contributed by atoms with Gasteiger partial charge in [0, 0.05) is 11.3 Å². The summed E-state index contributed by atoms with van der Waals surface area (Å²) >= 11 is 0. The summed E-state index contributed by atoms with van der Waals surface area (Å²) in [6.07, 6.45) is 0.845. The van der Waals surface area contributed by atoms with Crippen molar-refractivity contribution in [2.45, 2.75) is 26.3 Å². The molecule has 7 nitrogen and oxygen atoms in total. The van der Waals surface area contributed by atoms with Crippen molar-refractivity contribution in [1.29, 1.82) is 0 Å². The summed E-state index contributed by atoms with van der Waals surface area (Å²) in [5.74, 6) is 0.805. The van der Waals surface area contributed by atoms with E-state index in [1.54, 1.807) is 6.92 Å². The van der Waals surface area contributed by atoms with Gasteiger partial charge in [-0.3, -0.25) is 0 Å². The van der Waals surface area contributed by atoms with E-state index in [9.17, 15) is 9.59 Å². The highest BCUT2D eigenvalue weighted by Gasteiger charge is 2.33. The van der Waals surface area contributed by atoms with Crippen molar-refractivity contribution in [3.05, 3.63) is 71.4 Å². The number of rotatable bonds is 9. The van der Waals surface area contributed by atoms with Crippen LogP contribution in [0.5, 0.6) is 11.5 Å². The molecule has 7 heteroatoms. The fourth-order valence-electron chi connectivity index (χ4n) is 3.15. The van der Waals surface area contributed by atoms with Crippen LogP contribution in [0, 0.1) is 0 Å². The Morgan fingerprint density at radius 1 is 0.967 bits per heavy atom. The monoisotopic (exact) mass is 410 g/mol. The van der Waals surface area contributed by atoms with Crippen molar-refractivity contribution in [2.24, 2.45) is 0 Å². The Morgan fingerprint density at radius 2 is 1.70 bits per heavy atom. The van der Waals surface area contributed by atoms with Gasteiger partial charge in [0.1, 0.15) is 24.7 Å². The first kappa shape index (κ1) is 21.2. The Hall–Kier alpha value is -3.48. The maximum Gasteiger partial charge on any atom is 0.338 e. The largest absolute Gasteiger partial charge is 0.493 e. The lowest BCUT2D eigenvalue weighted by Crippen LogP contribution is -2.45. The predicted molar refractivity (Wildman–Crippen MR) is 112 cm³/mol. The smallest absolute Gasteiger partial charge is 0.338 e. The highest BCUT2D eigenvalue weighted by Crippen LogP contribution is 2.33. The first-order valence-corrected chi connectivity index (χ1v) is 9.95.